The van der Waals surface area contributed by atoms with Gasteiger partial charge in [0.1, 0.15) is 6.10 Å². The van der Waals surface area contributed by atoms with Gasteiger partial charge < -0.3 is 14.7 Å². The Morgan fingerprint density at radius 1 is 1.38 bits per heavy atom. The van der Waals surface area contributed by atoms with E-state index in [9.17, 15) is 4.79 Å². The second-order valence-electron chi connectivity index (χ2n) is 6.56. The van der Waals surface area contributed by atoms with E-state index in [0.717, 1.165) is 39.0 Å². The highest BCUT2D eigenvalue weighted by atomic mass is 16.5. The summed E-state index contributed by atoms with van der Waals surface area (Å²) in [5.41, 5.74) is 1.17. The van der Waals surface area contributed by atoms with Gasteiger partial charge in [-0.2, -0.15) is 5.10 Å². The van der Waals surface area contributed by atoms with E-state index in [-0.39, 0.29) is 18.6 Å². The molecule has 2 aliphatic heterocycles. The molecule has 1 aromatic heterocycles. The molecule has 1 aromatic rings. The molecule has 134 valence electrons. The molecule has 1 atom stereocenters. The number of likely N-dealkylation sites (tertiary alicyclic amines) is 1. The van der Waals surface area contributed by atoms with Crippen molar-refractivity contribution in [3.63, 3.8) is 0 Å². The number of ether oxygens (including phenoxy) is 1. The molecule has 1 unspecified atom stereocenters. The van der Waals surface area contributed by atoms with E-state index in [1.54, 1.807) is 6.20 Å². The van der Waals surface area contributed by atoms with Crippen molar-refractivity contribution in [2.24, 2.45) is 0 Å². The number of nitrogens with zero attached hydrogens (tertiary/aromatic N) is 4. The molecule has 24 heavy (non-hydrogen) atoms. The van der Waals surface area contributed by atoms with Crippen molar-refractivity contribution in [3.8, 4) is 0 Å². The third-order valence-electron chi connectivity index (χ3n) is 5.16. The molecule has 3 rings (SSSR count). The summed E-state index contributed by atoms with van der Waals surface area (Å²) < 4.78 is 7.58. The molecule has 1 N–H and O–H groups in total. The van der Waals surface area contributed by atoms with Gasteiger partial charge in [-0.1, -0.05) is 6.92 Å². The number of hydrogen-bond donors (Lipinski definition) is 1. The van der Waals surface area contributed by atoms with E-state index < -0.39 is 0 Å². The average Bonchev–Trinajstić information content (AvgIpc) is 3.10. The second-order valence-corrected chi connectivity index (χ2v) is 6.56. The zero-order chi connectivity index (χ0) is 16.9. The number of carbonyl (C=O) groups is 1. The van der Waals surface area contributed by atoms with Crippen LogP contribution in [0.4, 0.5) is 0 Å². The molecule has 7 nitrogen and oxygen atoms in total. The fourth-order valence-corrected chi connectivity index (χ4v) is 3.71. The molecule has 0 saturated carbocycles. The normalized spacial score (nSPS) is 23.6. The number of amides is 1. The number of piperidine rings is 1. The van der Waals surface area contributed by atoms with Crippen LogP contribution in [0.2, 0.25) is 0 Å². The molecular formula is C17H28N4O3. The van der Waals surface area contributed by atoms with Gasteiger partial charge in [0.2, 0.25) is 0 Å². The first-order valence-corrected chi connectivity index (χ1v) is 8.98. The molecule has 0 aliphatic carbocycles. The van der Waals surface area contributed by atoms with E-state index in [0.29, 0.717) is 25.6 Å². The first kappa shape index (κ1) is 17.4. The number of aliphatic hydroxyl groups excluding tert-OH is 1. The summed E-state index contributed by atoms with van der Waals surface area (Å²) in [6, 6.07) is 2.03. The smallest absolute Gasteiger partial charge is 0.253 e. The Morgan fingerprint density at radius 2 is 2.17 bits per heavy atom. The largest absolute Gasteiger partial charge is 0.394 e. The molecule has 7 heteroatoms. The van der Waals surface area contributed by atoms with E-state index in [1.807, 2.05) is 15.6 Å². The maximum atomic E-state index is 12.7. The Bertz CT molecular complexity index is 540. The van der Waals surface area contributed by atoms with E-state index in [1.165, 1.54) is 5.69 Å². The lowest BCUT2D eigenvalue weighted by Crippen LogP contribution is -2.52. The van der Waals surface area contributed by atoms with Crippen LogP contribution in [-0.4, -0.2) is 82.6 Å². The molecule has 2 saturated heterocycles. The van der Waals surface area contributed by atoms with Crippen LogP contribution in [0.3, 0.4) is 0 Å². The van der Waals surface area contributed by atoms with Crippen LogP contribution >= 0.6 is 0 Å². The highest BCUT2D eigenvalue weighted by molar-refractivity contribution is 5.81. The minimum Gasteiger partial charge on any atom is -0.394 e. The van der Waals surface area contributed by atoms with Gasteiger partial charge in [-0.25, -0.2) is 0 Å². The first-order valence-electron chi connectivity index (χ1n) is 8.98. The Kier molecular flexibility index (Phi) is 5.86. The first-order chi connectivity index (χ1) is 11.7. The highest BCUT2D eigenvalue weighted by Gasteiger charge is 2.32. The lowest BCUT2D eigenvalue weighted by atomic mass is 9.93. The lowest BCUT2D eigenvalue weighted by molar-refractivity contribution is -0.150. The van der Waals surface area contributed by atoms with Gasteiger partial charge in [0.25, 0.3) is 5.91 Å². The van der Waals surface area contributed by atoms with Gasteiger partial charge >= 0.3 is 0 Å². The molecule has 0 radical (unpaired) electrons. The summed E-state index contributed by atoms with van der Waals surface area (Å²) >= 11 is 0. The van der Waals surface area contributed by atoms with E-state index in [4.69, 9.17) is 9.84 Å². The van der Waals surface area contributed by atoms with Crippen LogP contribution < -0.4 is 0 Å². The predicted molar refractivity (Wildman–Crippen MR) is 89.7 cm³/mol. The van der Waals surface area contributed by atoms with Gasteiger partial charge in [-0.15, -0.1) is 0 Å². The Labute approximate surface area is 143 Å². The van der Waals surface area contributed by atoms with E-state index in [2.05, 4.69) is 16.9 Å². The van der Waals surface area contributed by atoms with Crippen molar-refractivity contribution in [2.45, 2.75) is 38.3 Å². The van der Waals surface area contributed by atoms with Gasteiger partial charge in [-0.05, 0) is 25.5 Å². The number of likely N-dealkylation sites (N-methyl/N-ethyl adjacent to an activating group) is 1. The second kappa shape index (κ2) is 8.09. The molecule has 0 bridgehead atoms. The van der Waals surface area contributed by atoms with Gasteiger partial charge in [0.15, 0.2) is 0 Å². The summed E-state index contributed by atoms with van der Waals surface area (Å²) in [5, 5.41) is 13.4. The molecule has 2 fully saturated rings. The monoisotopic (exact) mass is 336 g/mol. The summed E-state index contributed by atoms with van der Waals surface area (Å²) in [7, 11) is 0. The lowest BCUT2D eigenvalue weighted by Gasteiger charge is -2.37. The Balaban J connectivity index is 1.54. The van der Waals surface area contributed by atoms with Crippen LogP contribution in [0.5, 0.6) is 0 Å². The zero-order valence-corrected chi connectivity index (χ0v) is 14.4. The topological polar surface area (TPSA) is 70.8 Å². The number of aliphatic hydroxyl groups is 1. The predicted octanol–water partition coefficient (Wildman–Crippen LogP) is 0.302. The van der Waals surface area contributed by atoms with Gasteiger partial charge in [0, 0.05) is 44.0 Å². The minimum absolute atomic E-state index is 0.0962. The van der Waals surface area contributed by atoms with Crippen LogP contribution in [-0.2, 0) is 16.1 Å². The molecule has 1 amide bonds. The van der Waals surface area contributed by atoms with Crippen molar-refractivity contribution in [1.82, 2.24) is 19.6 Å². The minimum atomic E-state index is -0.310. The number of hydrogen-bond acceptors (Lipinski definition) is 5. The van der Waals surface area contributed by atoms with Crippen molar-refractivity contribution in [2.75, 3.05) is 45.9 Å². The quantitative estimate of drug-likeness (QED) is 0.838. The number of rotatable bonds is 5. The number of carbonyl (C=O) groups excluding carboxylic acids is 1. The summed E-state index contributed by atoms with van der Waals surface area (Å²) in [5.74, 6) is 0.540. The fraction of sp³-hybridized carbons (Fsp3) is 0.765. The summed E-state index contributed by atoms with van der Waals surface area (Å²) in [4.78, 5) is 16.9. The maximum Gasteiger partial charge on any atom is 0.253 e. The fourth-order valence-electron chi connectivity index (χ4n) is 3.71. The van der Waals surface area contributed by atoms with Crippen LogP contribution in [0.25, 0.3) is 0 Å². The summed E-state index contributed by atoms with van der Waals surface area (Å²) in [6.45, 7) is 7.50. The van der Waals surface area contributed by atoms with Crippen molar-refractivity contribution in [1.29, 1.82) is 0 Å². The van der Waals surface area contributed by atoms with Crippen molar-refractivity contribution < 1.29 is 14.6 Å². The number of aromatic nitrogens is 2. The molecular weight excluding hydrogens is 308 g/mol. The van der Waals surface area contributed by atoms with Gasteiger partial charge in [0.05, 0.1) is 19.8 Å². The van der Waals surface area contributed by atoms with Crippen LogP contribution in [0.15, 0.2) is 12.3 Å². The van der Waals surface area contributed by atoms with Crippen LogP contribution in [0.1, 0.15) is 31.4 Å². The SMILES string of the molecule is CCN1CCOC(C(=O)N2CCC(c3ccnn3CCO)CC2)C1. The van der Waals surface area contributed by atoms with Crippen molar-refractivity contribution in [3.05, 3.63) is 18.0 Å². The molecule has 0 spiro atoms. The summed E-state index contributed by atoms with van der Waals surface area (Å²) in [6.07, 6.45) is 3.35. The molecule has 3 heterocycles. The maximum absolute atomic E-state index is 12.7. The third-order valence-corrected chi connectivity index (χ3v) is 5.16. The zero-order valence-electron chi connectivity index (χ0n) is 14.4. The van der Waals surface area contributed by atoms with Gasteiger partial charge in [-0.3, -0.25) is 14.4 Å². The number of morpholine rings is 1. The van der Waals surface area contributed by atoms with Crippen LogP contribution in [0, 0.1) is 0 Å². The highest BCUT2D eigenvalue weighted by Crippen LogP contribution is 2.28. The van der Waals surface area contributed by atoms with Crippen molar-refractivity contribution >= 4 is 5.91 Å². The average molecular weight is 336 g/mol. The third kappa shape index (κ3) is 3.79. The Morgan fingerprint density at radius 3 is 2.88 bits per heavy atom. The Hall–Kier alpha value is -1.44. The molecule has 0 aromatic carbocycles. The van der Waals surface area contributed by atoms with E-state index >= 15 is 0 Å². The molecule has 2 aliphatic rings. The standard InChI is InChI=1S/C17H28N4O3/c1-2-19-10-12-24-16(13-19)17(23)20-7-4-14(5-8-20)15-3-6-18-21(15)9-11-22/h3,6,14,16,22H,2,4-5,7-13H2,1H3.